The minimum absolute atomic E-state index is 0.268. The van der Waals surface area contributed by atoms with Gasteiger partial charge in [-0.3, -0.25) is 9.59 Å². The van der Waals surface area contributed by atoms with Crippen LogP contribution in [0.15, 0.2) is 0 Å². The van der Waals surface area contributed by atoms with Gasteiger partial charge in [0.15, 0.2) is 5.78 Å². The average molecular weight is 332 g/mol. The Morgan fingerprint density at radius 3 is 1.87 bits per heavy atom. The van der Waals surface area contributed by atoms with Crippen LogP contribution in [0.1, 0.15) is 41.5 Å². The lowest BCUT2D eigenvalue weighted by Gasteiger charge is -2.41. The molecule has 0 saturated carbocycles. The summed E-state index contributed by atoms with van der Waals surface area (Å²) < 4.78 is 5.17. The zero-order chi connectivity index (χ0) is 18.6. The van der Waals surface area contributed by atoms with Crippen molar-refractivity contribution in [3.05, 3.63) is 0 Å². The lowest BCUT2D eigenvalue weighted by molar-refractivity contribution is -0.167. The van der Waals surface area contributed by atoms with Gasteiger partial charge in [0.1, 0.15) is 5.60 Å². The Kier molecular flexibility index (Phi) is 7.36. The Bertz CT molecular complexity index is 432. The van der Waals surface area contributed by atoms with Crippen molar-refractivity contribution in [2.24, 2.45) is 16.6 Å². The maximum Gasteiger partial charge on any atom is 0.228 e. The van der Waals surface area contributed by atoms with Crippen LogP contribution in [-0.4, -0.2) is 59.9 Å². The molecular weight excluding hydrogens is 300 g/mol. The molecule has 2 atom stereocenters. The number of aliphatic hydroxyl groups is 2. The minimum atomic E-state index is -1.44. The van der Waals surface area contributed by atoms with Gasteiger partial charge < -0.3 is 26.0 Å². The first kappa shape index (κ1) is 22.0. The fourth-order valence-corrected chi connectivity index (χ4v) is 2.34. The molecule has 23 heavy (non-hydrogen) atoms. The molecule has 0 saturated heterocycles. The zero-order valence-electron chi connectivity index (χ0n) is 15.3. The highest BCUT2D eigenvalue weighted by atomic mass is 16.5. The van der Waals surface area contributed by atoms with Gasteiger partial charge in [0.05, 0.1) is 23.0 Å². The summed E-state index contributed by atoms with van der Waals surface area (Å²) in [5, 5.41) is 23.6. The summed E-state index contributed by atoms with van der Waals surface area (Å²) >= 11 is 0. The van der Waals surface area contributed by atoms with E-state index in [4.69, 9.17) is 10.5 Å². The van der Waals surface area contributed by atoms with Crippen molar-refractivity contribution in [1.29, 1.82) is 0 Å². The van der Waals surface area contributed by atoms with Crippen LogP contribution in [0.2, 0.25) is 0 Å². The van der Waals surface area contributed by atoms with Gasteiger partial charge in [-0.2, -0.15) is 0 Å². The third kappa shape index (κ3) is 4.73. The molecule has 0 heterocycles. The van der Waals surface area contributed by atoms with E-state index in [1.807, 2.05) is 0 Å². The minimum Gasteiger partial charge on any atom is -0.389 e. The predicted octanol–water partition coefficient (Wildman–Crippen LogP) is -0.170. The average Bonchev–Trinajstić information content (AvgIpc) is 2.49. The number of nitrogens with one attached hydrogen (secondary N) is 1. The lowest BCUT2D eigenvalue weighted by Crippen LogP contribution is -2.58. The number of carbonyl (C=O) groups is 2. The number of methoxy groups -OCH3 is 1. The molecule has 0 aliphatic heterocycles. The number of ketones is 1. The van der Waals surface area contributed by atoms with Crippen molar-refractivity contribution in [2.45, 2.75) is 59.4 Å². The van der Waals surface area contributed by atoms with E-state index in [0.29, 0.717) is 0 Å². The van der Waals surface area contributed by atoms with E-state index in [1.165, 1.54) is 34.8 Å². The first-order chi connectivity index (χ1) is 10.3. The number of nitrogens with two attached hydrogens (primary N) is 1. The summed E-state index contributed by atoms with van der Waals surface area (Å²) in [5.74, 6) is -0.805. The Morgan fingerprint density at radius 1 is 1.04 bits per heavy atom. The molecule has 0 aromatic heterocycles. The monoisotopic (exact) mass is 332 g/mol. The van der Waals surface area contributed by atoms with E-state index in [-0.39, 0.29) is 18.9 Å². The van der Waals surface area contributed by atoms with Crippen LogP contribution in [0.3, 0.4) is 0 Å². The normalized spacial score (nSPS) is 15.9. The maximum absolute atomic E-state index is 12.6. The second-order valence-corrected chi connectivity index (χ2v) is 7.42. The van der Waals surface area contributed by atoms with Crippen molar-refractivity contribution in [2.75, 3.05) is 20.2 Å². The number of Topliss-reactive ketones (excluding diaryl/α,β-unsaturated/α-hetero) is 1. The molecule has 5 N–H and O–H groups in total. The first-order valence-corrected chi connectivity index (χ1v) is 7.71. The topological polar surface area (TPSA) is 122 Å². The fraction of sp³-hybridized carbons (Fsp3) is 0.875. The first-order valence-electron chi connectivity index (χ1n) is 7.71. The quantitative estimate of drug-likeness (QED) is 0.465. The highest BCUT2D eigenvalue weighted by molar-refractivity contribution is 5.92. The molecule has 0 aromatic carbocycles. The molecule has 7 nitrogen and oxygen atoms in total. The molecule has 0 fully saturated rings. The fourth-order valence-electron chi connectivity index (χ4n) is 2.34. The number of hydrogen-bond donors (Lipinski definition) is 4. The zero-order valence-corrected chi connectivity index (χ0v) is 15.3. The number of rotatable bonds is 9. The van der Waals surface area contributed by atoms with Gasteiger partial charge in [0.2, 0.25) is 5.91 Å². The van der Waals surface area contributed by atoms with Gasteiger partial charge in [-0.25, -0.2) is 0 Å². The third-order valence-electron chi connectivity index (χ3n) is 4.44. The molecule has 0 aliphatic carbocycles. The lowest BCUT2D eigenvalue weighted by atomic mass is 9.69. The Labute approximate surface area is 138 Å². The van der Waals surface area contributed by atoms with Crippen molar-refractivity contribution >= 4 is 11.7 Å². The molecule has 7 heteroatoms. The molecule has 0 rings (SSSR count). The van der Waals surface area contributed by atoms with E-state index in [1.54, 1.807) is 13.8 Å². The number of aliphatic hydroxyl groups excluding tert-OH is 2. The highest BCUT2D eigenvalue weighted by Crippen LogP contribution is 2.36. The summed E-state index contributed by atoms with van der Waals surface area (Å²) in [6.07, 6.45) is -2.88. The molecular formula is C16H32N2O5. The Balaban J connectivity index is 5.37. The van der Waals surface area contributed by atoms with Crippen molar-refractivity contribution in [3.8, 4) is 0 Å². The van der Waals surface area contributed by atoms with E-state index in [2.05, 4.69) is 5.32 Å². The molecule has 0 aliphatic rings. The van der Waals surface area contributed by atoms with Gasteiger partial charge in [-0.1, -0.05) is 13.8 Å². The van der Waals surface area contributed by atoms with Gasteiger partial charge in [0, 0.05) is 20.2 Å². The maximum atomic E-state index is 12.6. The van der Waals surface area contributed by atoms with Gasteiger partial charge >= 0.3 is 0 Å². The number of amides is 1. The van der Waals surface area contributed by atoms with E-state index in [0.717, 1.165) is 0 Å². The van der Waals surface area contributed by atoms with Crippen LogP contribution in [0, 0.1) is 10.8 Å². The van der Waals surface area contributed by atoms with E-state index < -0.39 is 34.5 Å². The van der Waals surface area contributed by atoms with Gasteiger partial charge in [0.25, 0.3) is 0 Å². The van der Waals surface area contributed by atoms with E-state index >= 15 is 0 Å². The van der Waals surface area contributed by atoms with Crippen molar-refractivity contribution in [1.82, 2.24) is 5.32 Å². The molecule has 0 aromatic rings. The van der Waals surface area contributed by atoms with Crippen LogP contribution >= 0.6 is 0 Å². The van der Waals surface area contributed by atoms with Crippen LogP contribution in [0.5, 0.6) is 0 Å². The van der Waals surface area contributed by atoms with Crippen LogP contribution in [0.4, 0.5) is 0 Å². The summed E-state index contributed by atoms with van der Waals surface area (Å²) in [7, 11) is 1.40. The molecule has 1 unspecified atom stereocenters. The van der Waals surface area contributed by atoms with Gasteiger partial charge in [-0.05, 0) is 27.7 Å². The standard InChI is InChI=1S/C16H32N2O5/c1-14(2,12(21)16(5,6)23-7)10(19)11(20)15(3,4)13(22)18-9-8-17/h10-11,19-20H,8-9,17H2,1-7H3,(H,18,22)/t10?,11-/m0/s1. The summed E-state index contributed by atoms with van der Waals surface area (Å²) in [6, 6.07) is 0. The van der Waals surface area contributed by atoms with Crippen LogP contribution in [-0.2, 0) is 14.3 Å². The largest absolute Gasteiger partial charge is 0.389 e. The summed E-state index contributed by atoms with van der Waals surface area (Å²) in [4.78, 5) is 24.8. The Morgan fingerprint density at radius 2 is 1.48 bits per heavy atom. The summed E-state index contributed by atoms with van der Waals surface area (Å²) in [6.45, 7) is 9.79. The highest BCUT2D eigenvalue weighted by Gasteiger charge is 2.51. The van der Waals surface area contributed by atoms with Crippen LogP contribution < -0.4 is 11.1 Å². The smallest absolute Gasteiger partial charge is 0.228 e. The van der Waals surface area contributed by atoms with Crippen molar-refractivity contribution < 1.29 is 24.5 Å². The van der Waals surface area contributed by atoms with Crippen LogP contribution in [0.25, 0.3) is 0 Å². The second kappa shape index (κ2) is 7.70. The molecule has 0 radical (unpaired) electrons. The van der Waals surface area contributed by atoms with E-state index in [9.17, 15) is 19.8 Å². The SMILES string of the molecule is COC(C)(C)C(=O)C(C)(C)C(O)[C@H](O)C(C)(C)C(=O)NCCN. The van der Waals surface area contributed by atoms with Gasteiger partial charge in [-0.15, -0.1) is 0 Å². The number of hydrogen-bond acceptors (Lipinski definition) is 6. The molecule has 136 valence electrons. The molecule has 0 bridgehead atoms. The predicted molar refractivity (Wildman–Crippen MR) is 87.7 cm³/mol. The van der Waals surface area contributed by atoms with Crippen molar-refractivity contribution in [3.63, 3.8) is 0 Å². The molecule has 1 amide bonds. The second-order valence-electron chi connectivity index (χ2n) is 7.42. The Hall–Kier alpha value is -1.02. The summed E-state index contributed by atoms with van der Waals surface area (Å²) in [5.41, 5.74) is 1.64. The number of carbonyl (C=O) groups excluding carboxylic acids is 2. The molecule has 0 spiro atoms. The third-order valence-corrected chi connectivity index (χ3v) is 4.44. The number of ether oxygens (including phenoxy) is 1.